The van der Waals surface area contributed by atoms with Gasteiger partial charge in [-0.25, -0.2) is 9.69 Å². The maximum absolute atomic E-state index is 13.7. The van der Waals surface area contributed by atoms with Gasteiger partial charge in [-0.15, -0.1) is 0 Å². The quantitative estimate of drug-likeness (QED) is 0.346. The van der Waals surface area contributed by atoms with Crippen molar-refractivity contribution in [3.05, 3.63) is 42.1 Å². The van der Waals surface area contributed by atoms with Gasteiger partial charge >= 0.3 is 6.09 Å². The Morgan fingerprint density at radius 2 is 1.78 bits per heavy atom. The van der Waals surface area contributed by atoms with Crippen LogP contribution in [0.5, 0.6) is 11.5 Å². The molecule has 3 rings (SSSR count). The zero-order chi connectivity index (χ0) is 26.9. The number of hydrogen-bond acceptors (Lipinski definition) is 6. The summed E-state index contributed by atoms with van der Waals surface area (Å²) in [5.74, 6) is 0.539. The molecule has 2 atom stereocenters. The molecule has 8 nitrogen and oxygen atoms in total. The third-order valence-corrected chi connectivity index (χ3v) is 13.4. The zero-order valence-corrected chi connectivity index (χ0v) is 23.7. The molecule has 9 heteroatoms. The van der Waals surface area contributed by atoms with E-state index in [0.717, 1.165) is 10.5 Å². The average Bonchev–Trinajstić information content (AvgIpc) is 3.18. The number of amides is 2. The standard InChI is InChI=1S/C27H40N2O6Si/c1-10-11-34-27(32)29-21-14-24(35-36(16(2)3,17(4)5)18(6)7)23(33-9)13-20(21)25(30)28-15-19(8)12-22(28)26(29)31/h10,13-18,22,26,31H,1,11-12H2,2-9H3/t22-,26-/m0/s1. The molecule has 2 aliphatic heterocycles. The van der Waals surface area contributed by atoms with E-state index in [1.807, 2.05) is 6.92 Å². The van der Waals surface area contributed by atoms with E-state index in [-0.39, 0.29) is 23.8 Å². The first kappa shape index (κ1) is 27.8. The zero-order valence-electron chi connectivity index (χ0n) is 22.7. The van der Waals surface area contributed by atoms with Crippen LogP contribution in [0.2, 0.25) is 16.6 Å². The highest BCUT2D eigenvalue weighted by Gasteiger charge is 2.49. The number of rotatable bonds is 8. The number of carbonyl (C=O) groups excluding carboxylic acids is 2. The molecule has 198 valence electrons. The molecule has 0 unspecified atom stereocenters. The number of ether oxygens (including phenoxy) is 2. The van der Waals surface area contributed by atoms with Crippen molar-refractivity contribution in [2.45, 2.75) is 83.8 Å². The number of nitrogens with zero attached hydrogens (tertiary/aromatic N) is 2. The molecule has 2 aliphatic rings. The Morgan fingerprint density at radius 1 is 1.17 bits per heavy atom. The molecule has 0 spiro atoms. The topological polar surface area (TPSA) is 88.5 Å². The molecule has 0 bridgehead atoms. The van der Waals surface area contributed by atoms with Crippen molar-refractivity contribution in [1.82, 2.24) is 4.90 Å². The second-order valence-corrected chi connectivity index (χ2v) is 15.9. The van der Waals surface area contributed by atoms with Gasteiger partial charge in [0.25, 0.3) is 14.2 Å². The van der Waals surface area contributed by atoms with Gasteiger partial charge in [-0.1, -0.05) is 59.8 Å². The van der Waals surface area contributed by atoms with Gasteiger partial charge in [0.15, 0.2) is 12.0 Å². The van der Waals surface area contributed by atoms with E-state index in [4.69, 9.17) is 13.9 Å². The SMILES string of the molecule is C=CCOC(=O)N1c2cc(O[Si](C(C)C)(C(C)C)C(C)C)c(OC)cc2C(=O)N2C=C(C)C[C@H]2[C@@H]1O. The molecule has 2 amide bonds. The van der Waals surface area contributed by atoms with E-state index in [9.17, 15) is 14.7 Å². The van der Waals surface area contributed by atoms with E-state index in [1.165, 1.54) is 18.1 Å². The largest absolute Gasteiger partial charge is 0.540 e. The molecule has 1 N–H and O–H groups in total. The van der Waals surface area contributed by atoms with Crippen molar-refractivity contribution in [2.75, 3.05) is 18.6 Å². The third-order valence-electron chi connectivity index (χ3n) is 7.38. The summed E-state index contributed by atoms with van der Waals surface area (Å²) in [5, 5.41) is 11.4. The first-order chi connectivity index (χ1) is 16.9. The molecular formula is C27H40N2O6Si. The highest BCUT2D eigenvalue weighted by atomic mass is 28.4. The van der Waals surface area contributed by atoms with Crippen LogP contribution in [0.15, 0.2) is 36.6 Å². The van der Waals surface area contributed by atoms with Crippen molar-refractivity contribution < 1.29 is 28.6 Å². The number of fused-ring (bicyclic) bond motifs is 2. The lowest BCUT2D eigenvalue weighted by Crippen LogP contribution is -2.51. The summed E-state index contributed by atoms with van der Waals surface area (Å²) < 4.78 is 17.9. The van der Waals surface area contributed by atoms with Gasteiger partial charge in [0, 0.05) is 12.3 Å². The van der Waals surface area contributed by atoms with Crippen molar-refractivity contribution in [3.8, 4) is 11.5 Å². The molecule has 0 aromatic heterocycles. The second-order valence-electron chi connectivity index (χ2n) is 10.5. The Hall–Kier alpha value is -2.78. The van der Waals surface area contributed by atoms with E-state index < -0.39 is 26.7 Å². The first-order valence-corrected chi connectivity index (χ1v) is 14.7. The molecule has 2 heterocycles. The fourth-order valence-electron chi connectivity index (χ4n) is 5.84. The molecular weight excluding hydrogens is 476 g/mol. The summed E-state index contributed by atoms with van der Waals surface area (Å²) in [6, 6.07) is 2.63. The monoisotopic (exact) mass is 516 g/mol. The van der Waals surface area contributed by atoms with Crippen LogP contribution in [0.4, 0.5) is 10.5 Å². The minimum absolute atomic E-state index is 0.0272. The number of aliphatic hydroxyl groups is 1. The van der Waals surface area contributed by atoms with E-state index in [1.54, 1.807) is 18.3 Å². The normalized spacial score (nSPS) is 19.8. The predicted octanol–water partition coefficient (Wildman–Crippen LogP) is 5.83. The van der Waals surface area contributed by atoms with E-state index in [0.29, 0.717) is 34.5 Å². The van der Waals surface area contributed by atoms with Crippen LogP contribution in [-0.2, 0) is 4.74 Å². The lowest BCUT2D eigenvalue weighted by molar-refractivity contribution is 0.0557. The molecule has 1 aromatic rings. The summed E-state index contributed by atoms with van der Waals surface area (Å²) in [4.78, 5) is 29.5. The van der Waals surface area contributed by atoms with Crippen molar-refractivity contribution in [1.29, 1.82) is 0 Å². The van der Waals surface area contributed by atoms with Gasteiger partial charge in [0.2, 0.25) is 0 Å². The van der Waals surface area contributed by atoms with Crippen LogP contribution in [0.1, 0.15) is 65.2 Å². The molecule has 0 radical (unpaired) electrons. The Labute approximate surface area is 215 Å². The van der Waals surface area contributed by atoms with Gasteiger partial charge < -0.3 is 23.9 Å². The molecule has 0 saturated heterocycles. The molecule has 0 saturated carbocycles. The number of carbonyl (C=O) groups is 2. The van der Waals surface area contributed by atoms with E-state index >= 15 is 0 Å². The summed E-state index contributed by atoms with van der Waals surface area (Å²) in [5.41, 5.74) is 2.27. The van der Waals surface area contributed by atoms with Gasteiger partial charge in [-0.3, -0.25) is 4.79 Å². The molecule has 0 aliphatic carbocycles. The highest BCUT2D eigenvalue weighted by Crippen LogP contribution is 2.47. The number of methoxy groups -OCH3 is 1. The number of benzene rings is 1. The Bertz CT molecular complexity index is 1030. The smallest absolute Gasteiger partial charge is 0.416 e. The summed E-state index contributed by atoms with van der Waals surface area (Å²) in [6.07, 6.45) is 1.54. The fraction of sp³-hybridized carbons (Fsp3) is 0.556. The Morgan fingerprint density at radius 3 is 2.31 bits per heavy atom. The third kappa shape index (κ3) is 4.66. The first-order valence-electron chi connectivity index (χ1n) is 12.6. The van der Waals surface area contributed by atoms with Gasteiger partial charge in [0.05, 0.1) is 24.4 Å². The predicted molar refractivity (Wildman–Crippen MR) is 143 cm³/mol. The molecule has 1 aromatic carbocycles. The van der Waals surface area contributed by atoms with Crippen molar-refractivity contribution >= 4 is 26.0 Å². The number of anilines is 1. The van der Waals surface area contributed by atoms with Gasteiger partial charge in [-0.05, 0) is 36.0 Å². The van der Waals surface area contributed by atoms with Gasteiger partial charge in [-0.2, -0.15) is 0 Å². The average molecular weight is 517 g/mol. The maximum Gasteiger partial charge on any atom is 0.416 e. The Kier molecular flexibility index (Phi) is 8.25. The van der Waals surface area contributed by atoms with Crippen molar-refractivity contribution in [3.63, 3.8) is 0 Å². The minimum atomic E-state index is -2.41. The summed E-state index contributed by atoms with van der Waals surface area (Å²) in [7, 11) is -0.871. The number of aliphatic hydroxyl groups excluding tert-OH is 1. The van der Waals surface area contributed by atoms with Crippen LogP contribution in [0.25, 0.3) is 0 Å². The van der Waals surface area contributed by atoms with Crippen molar-refractivity contribution in [2.24, 2.45) is 0 Å². The second kappa shape index (κ2) is 10.7. The molecule has 36 heavy (non-hydrogen) atoms. The van der Waals surface area contributed by atoms with Crippen LogP contribution in [0, 0.1) is 0 Å². The van der Waals surface area contributed by atoms with Crippen LogP contribution >= 0.6 is 0 Å². The van der Waals surface area contributed by atoms with Crippen LogP contribution in [-0.4, -0.2) is 56.3 Å². The van der Waals surface area contributed by atoms with Gasteiger partial charge in [0.1, 0.15) is 12.4 Å². The summed E-state index contributed by atoms with van der Waals surface area (Å²) >= 11 is 0. The maximum atomic E-state index is 13.7. The fourth-order valence-corrected chi connectivity index (χ4v) is 11.1. The minimum Gasteiger partial charge on any atom is -0.540 e. The highest BCUT2D eigenvalue weighted by molar-refractivity contribution is 6.78. The van der Waals surface area contributed by atoms with Crippen LogP contribution < -0.4 is 14.1 Å². The Balaban J connectivity index is 2.25. The lowest BCUT2D eigenvalue weighted by Gasteiger charge is -2.42. The lowest BCUT2D eigenvalue weighted by atomic mass is 10.1. The van der Waals surface area contributed by atoms with E-state index in [2.05, 4.69) is 48.1 Å². The summed E-state index contributed by atoms with van der Waals surface area (Å²) in [6.45, 7) is 18.5. The molecule has 0 fully saturated rings. The number of hydrogen-bond donors (Lipinski definition) is 1. The van der Waals surface area contributed by atoms with Crippen LogP contribution in [0.3, 0.4) is 0 Å².